The molecule has 1 aliphatic rings. The fraction of sp³-hybridized carbons (Fsp3) is 0.882. The molecule has 0 aromatic carbocycles. The number of nitrogens with zero attached hydrogens (tertiary/aromatic N) is 2. The van der Waals surface area contributed by atoms with Crippen molar-refractivity contribution >= 4 is 11.9 Å². The van der Waals surface area contributed by atoms with Crippen LogP contribution in [0.3, 0.4) is 0 Å². The first-order chi connectivity index (χ1) is 11.7. The smallest absolute Gasteiger partial charge is 0.221 e. The number of carbonyl (C=O) groups is 1. The first-order valence-corrected chi connectivity index (χ1v) is 9.07. The molecule has 1 heterocycles. The van der Waals surface area contributed by atoms with Gasteiger partial charge in [-0.15, -0.1) is 0 Å². The molecule has 0 aromatic rings. The van der Waals surface area contributed by atoms with E-state index in [2.05, 4.69) is 27.4 Å². The molecule has 7 heteroatoms. The highest BCUT2D eigenvalue weighted by Crippen LogP contribution is 2.16. The van der Waals surface area contributed by atoms with Crippen molar-refractivity contribution < 1.29 is 14.3 Å². The lowest BCUT2D eigenvalue weighted by Gasteiger charge is -2.21. The number of methoxy groups -OCH3 is 1. The first kappa shape index (κ1) is 20.7. The average Bonchev–Trinajstić information content (AvgIpc) is 3.05. The molecule has 7 nitrogen and oxygen atoms in total. The van der Waals surface area contributed by atoms with Crippen LogP contribution in [0.4, 0.5) is 0 Å². The maximum absolute atomic E-state index is 11.6. The minimum Gasteiger partial charge on any atom is -0.382 e. The quantitative estimate of drug-likeness (QED) is 0.331. The second-order valence-electron chi connectivity index (χ2n) is 6.00. The Morgan fingerprint density at radius 3 is 2.83 bits per heavy atom. The molecule has 0 bridgehead atoms. The van der Waals surface area contributed by atoms with Crippen LogP contribution < -0.4 is 10.6 Å². The van der Waals surface area contributed by atoms with Crippen LogP contribution in [0.5, 0.6) is 0 Å². The lowest BCUT2D eigenvalue weighted by molar-refractivity contribution is -0.120. The molecule has 1 unspecified atom stereocenters. The van der Waals surface area contributed by atoms with Crippen LogP contribution in [0.1, 0.15) is 33.1 Å². The van der Waals surface area contributed by atoms with E-state index in [9.17, 15) is 4.79 Å². The van der Waals surface area contributed by atoms with Gasteiger partial charge in [-0.05, 0) is 19.8 Å². The predicted molar refractivity (Wildman–Crippen MR) is 96.3 cm³/mol. The third-order valence-electron chi connectivity index (χ3n) is 3.88. The van der Waals surface area contributed by atoms with Gasteiger partial charge < -0.3 is 25.0 Å². The molecular formula is C17H34N4O3. The molecule has 2 N–H and O–H groups in total. The summed E-state index contributed by atoms with van der Waals surface area (Å²) in [4.78, 5) is 18.5. The number of hydrogen-bond donors (Lipinski definition) is 2. The van der Waals surface area contributed by atoms with E-state index in [4.69, 9.17) is 9.47 Å². The summed E-state index contributed by atoms with van der Waals surface area (Å²) < 4.78 is 10.6. The van der Waals surface area contributed by atoms with E-state index in [1.807, 2.05) is 6.92 Å². The van der Waals surface area contributed by atoms with Crippen LogP contribution in [-0.4, -0.2) is 76.4 Å². The van der Waals surface area contributed by atoms with Crippen LogP contribution in [0.15, 0.2) is 4.99 Å². The largest absolute Gasteiger partial charge is 0.382 e. The molecule has 24 heavy (non-hydrogen) atoms. The van der Waals surface area contributed by atoms with Gasteiger partial charge in [-0.25, -0.2) is 0 Å². The Labute approximate surface area is 146 Å². The van der Waals surface area contributed by atoms with Crippen LogP contribution in [0.2, 0.25) is 0 Å². The van der Waals surface area contributed by atoms with Crippen molar-refractivity contribution in [3.63, 3.8) is 0 Å². The van der Waals surface area contributed by atoms with Gasteiger partial charge in [0.05, 0.1) is 26.4 Å². The summed E-state index contributed by atoms with van der Waals surface area (Å²) in [5.74, 6) is 1.50. The molecule has 0 saturated carbocycles. The van der Waals surface area contributed by atoms with E-state index >= 15 is 0 Å². The molecule has 1 amide bonds. The van der Waals surface area contributed by atoms with Crippen molar-refractivity contribution in [3.05, 3.63) is 0 Å². The highest BCUT2D eigenvalue weighted by atomic mass is 16.5. The molecule has 140 valence electrons. The number of nitrogens with one attached hydrogen (secondary N) is 2. The third-order valence-corrected chi connectivity index (χ3v) is 3.88. The fourth-order valence-corrected chi connectivity index (χ4v) is 2.60. The number of carbonyl (C=O) groups excluding carboxylic acids is 1. The number of hydrogen-bond acceptors (Lipinski definition) is 4. The topological polar surface area (TPSA) is 75.2 Å². The van der Waals surface area contributed by atoms with Crippen LogP contribution in [0.25, 0.3) is 0 Å². The van der Waals surface area contributed by atoms with Crippen molar-refractivity contribution in [2.45, 2.75) is 33.1 Å². The summed E-state index contributed by atoms with van der Waals surface area (Å²) >= 11 is 0. The van der Waals surface area contributed by atoms with Crippen LogP contribution in [0, 0.1) is 5.92 Å². The van der Waals surface area contributed by atoms with Crippen molar-refractivity contribution in [2.75, 3.05) is 59.7 Å². The zero-order chi connectivity index (χ0) is 17.6. The molecular weight excluding hydrogens is 308 g/mol. The Balaban J connectivity index is 2.36. The molecule has 1 atom stereocenters. The zero-order valence-corrected chi connectivity index (χ0v) is 15.5. The molecule has 0 spiro atoms. The Bertz CT molecular complexity index is 377. The Morgan fingerprint density at radius 2 is 2.12 bits per heavy atom. The highest BCUT2D eigenvalue weighted by molar-refractivity contribution is 5.81. The van der Waals surface area contributed by atoms with Gasteiger partial charge in [-0.2, -0.15) is 0 Å². The van der Waals surface area contributed by atoms with Gasteiger partial charge in [-0.1, -0.05) is 6.92 Å². The number of rotatable bonds is 11. The second kappa shape index (κ2) is 13.0. The van der Waals surface area contributed by atoms with E-state index in [1.54, 1.807) is 7.11 Å². The van der Waals surface area contributed by atoms with Gasteiger partial charge in [0.1, 0.15) is 0 Å². The van der Waals surface area contributed by atoms with Gasteiger partial charge in [-0.3, -0.25) is 9.79 Å². The summed E-state index contributed by atoms with van der Waals surface area (Å²) in [6.45, 7) is 10.2. The van der Waals surface area contributed by atoms with Crippen molar-refractivity contribution in [2.24, 2.45) is 10.9 Å². The number of likely N-dealkylation sites (tertiary alicyclic amines) is 1. The number of aliphatic imine (C=N–C) groups is 1. The van der Waals surface area contributed by atoms with E-state index in [1.165, 1.54) is 0 Å². The average molecular weight is 342 g/mol. The predicted octanol–water partition coefficient (Wildman–Crippen LogP) is 0.853. The first-order valence-electron chi connectivity index (χ1n) is 9.07. The van der Waals surface area contributed by atoms with Gasteiger partial charge in [0.15, 0.2) is 5.96 Å². The summed E-state index contributed by atoms with van der Waals surface area (Å²) in [5, 5.41) is 6.20. The standard InChI is InChI=1S/C17H34N4O3/c1-4-8-19-16(22)6-9-20-17(18-5-2)21-10-7-15(13-21)14-24-12-11-23-3/h15H,4-14H2,1-3H3,(H,18,20)(H,19,22). The normalized spacial score (nSPS) is 18.0. The lowest BCUT2D eigenvalue weighted by Crippen LogP contribution is -2.40. The maximum Gasteiger partial charge on any atom is 0.221 e. The lowest BCUT2D eigenvalue weighted by atomic mass is 10.1. The SMILES string of the molecule is CCCNC(=O)CCN=C(NCC)N1CCC(COCCOC)C1. The molecule has 0 aliphatic carbocycles. The van der Waals surface area contributed by atoms with Gasteiger partial charge in [0.25, 0.3) is 0 Å². The molecule has 0 aromatic heterocycles. The Kier molecular flexibility index (Phi) is 11.2. The second-order valence-corrected chi connectivity index (χ2v) is 6.00. The summed E-state index contributed by atoms with van der Waals surface area (Å²) in [6, 6.07) is 0. The minimum atomic E-state index is 0.0716. The van der Waals surface area contributed by atoms with Crippen LogP contribution in [-0.2, 0) is 14.3 Å². The fourth-order valence-electron chi connectivity index (χ4n) is 2.60. The molecule has 1 rings (SSSR count). The number of guanidine groups is 1. The molecule has 1 saturated heterocycles. The van der Waals surface area contributed by atoms with Crippen molar-refractivity contribution in [3.8, 4) is 0 Å². The van der Waals surface area contributed by atoms with E-state index in [0.29, 0.717) is 32.1 Å². The van der Waals surface area contributed by atoms with Gasteiger partial charge >= 0.3 is 0 Å². The van der Waals surface area contributed by atoms with Crippen LogP contribution >= 0.6 is 0 Å². The maximum atomic E-state index is 11.6. The summed E-state index contributed by atoms with van der Waals surface area (Å²) in [5.41, 5.74) is 0. The van der Waals surface area contributed by atoms with E-state index in [0.717, 1.165) is 51.6 Å². The Morgan fingerprint density at radius 1 is 1.29 bits per heavy atom. The van der Waals surface area contributed by atoms with Gasteiger partial charge in [0.2, 0.25) is 5.91 Å². The highest BCUT2D eigenvalue weighted by Gasteiger charge is 2.24. The van der Waals surface area contributed by atoms with Crippen molar-refractivity contribution in [1.82, 2.24) is 15.5 Å². The summed E-state index contributed by atoms with van der Waals surface area (Å²) in [7, 11) is 1.68. The van der Waals surface area contributed by atoms with E-state index in [-0.39, 0.29) is 5.91 Å². The molecule has 1 aliphatic heterocycles. The monoisotopic (exact) mass is 342 g/mol. The van der Waals surface area contributed by atoms with Crippen molar-refractivity contribution in [1.29, 1.82) is 0 Å². The number of amides is 1. The summed E-state index contributed by atoms with van der Waals surface area (Å²) in [6.07, 6.45) is 2.50. The van der Waals surface area contributed by atoms with E-state index < -0.39 is 0 Å². The number of ether oxygens (including phenoxy) is 2. The third kappa shape index (κ3) is 8.49. The molecule has 0 radical (unpaired) electrons. The molecule has 1 fully saturated rings. The minimum absolute atomic E-state index is 0.0716. The Hall–Kier alpha value is -1.34. The zero-order valence-electron chi connectivity index (χ0n) is 15.5. The van der Waals surface area contributed by atoms with Gasteiger partial charge in [0, 0.05) is 45.6 Å².